The predicted molar refractivity (Wildman–Crippen MR) is 176 cm³/mol. The Morgan fingerprint density at radius 1 is 0.891 bits per heavy atom. The molecule has 1 aliphatic rings. The molecule has 0 amide bonds. The van der Waals surface area contributed by atoms with Crippen molar-refractivity contribution in [3.63, 3.8) is 0 Å². The number of aliphatic hydroxyl groups excluding tert-OH is 1. The summed E-state index contributed by atoms with van der Waals surface area (Å²) in [6.07, 6.45) is 0.558. The molecule has 0 atom stereocenters. The third-order valence-corrected chi connectivity index (χ3v) is 10.7. The van der Waals surface area contributed by atoms with Crippen LogP contribution < -0.4 is 10.9 Å². The topological polar surface area (TPSA) is 91.6 Å². The zero-order valence-corrected chi connectivity index (χ0v) is 27.5. The summed E-state index contributed by atoms with van der Waals surface area (Å²) in [5.74, 6) is -0.242. The lowest BCUT2D eigenvalue weighted by molar-refractivity contribution is -0.0494. The number of sulfonamides is 1. The van der Waals surface area contributed by atoms with E-state index in [-0.39, 0.29) is 50.1 Å². The maximum Gasteiger partial charge on any atom is 0.511 e. The van der Waals surface area contributed by atoms with Crippen molar-refractivity contribution in [2.75, 3.05) is 25.0 Å². The monoisotopic (exact) mass is 695 g/mol. The summed E-state index contributed by atoms with van der Waals surface area (Å²) < 4.78 is 65.4. The highest BCUT2D eigenvalue weighted by Crippen LogP contribution is 2.38. The Kier molecular flexibility index (Phi) is 9.82. The summed E-state index contributed by atoms with van der Waals surface area (Å²) in [4.78, 5) is 13.6. The van der Waals surface area contributed by atoms with Crippen molar-refractivity contribution in [2.45, 2.75) is 56.1 Å². The van der Waals surface area contributed by atoms with E-state index in [2.05, 4.69) is 5.32 Å². The molecule has 0 saturated carbocycles. The second-order valence-corrected chi connectivity index (χ2v) is 14.9. The first kappa shape index (κ1) is 34.3. The highest BCUT2D eigenvalue weighted by molar-refractivity contribution is 7.90. The average Bonchev–Trinajstić information content (AvgIpc) is 2.99. The number of nitrogens with zero attached hydrogens (tertiary/aromatic N) is 2. The van der Waals surface area contributed by atoms with Crippen molar-refractivity contribution in [3.8, 4) is 0 Å². The van der Waals surface area contributed by atoms with E-state index < -0.39 is 21.1 Å². The molecular weight excluding hydrogens is 662 g/mol. The van der Waals surface area contributed by atoms with Crippen LogP contribution >= 0.6 is 23.2 Å². The minimum Gasteiger partial charge on any atom is -0.396 e. The Bertz CT molecular complexity index is 1830. The Hall–Kier alpha value is -3.09. The number of pyridine rings is 1. The van der Waals surface area contributed by atoms with Gasteiger partial charge in [0.1, 0.15) is 0 Å². The summed E-state index contributed by atoms with van der Waals surface area (Å²) in [5, 5.41) is 15.0. The van der Waals surface area contributed by atoms with Crippen LogP contribution in [-0.4, -0.2) is 53.6 Å². The van der Waals surface area contributed by atoms with Gasteiger partial charge in [-0.15, -0.1) is 0 Å². The molecule has 7 nitrogen and oxygen atoms in total. The van der Waals surface area contributed by atoms with Gasteiger partial charge in [-0.1, -0.05) is 53.5 Å². The van der Waals surface area contributed by atoms with Crippen LogP contribution in [0, 0.1) is 0 Å². The summed E-state index contributed by atoms with van der Waals surface area (Å²) in [6, 6.07) is 21.9. The number of piperidine rings is 1. The molecule has 3 aromatic carbocycles. The number of nitrogens with one attached hydrogen (secondary N) is 1. The first-order chi connectivity index (χ1) is 21.6. The van der Waals surface area contributed by atoms with Gasteiger partial charge >= 0.3 is 15.5 Å². The molecular formula is C33H34Cl2F3N3O4S. The number of rotatable bonds is 9. The van der Waals surface area contributed by atoms with Crippen LogP contribution in [-0.2, 0) is 15.6 Å². The summed E-state index contributed by atoms with van der Waals surface area (Å²) in [7, 11) is -5.42. The molecule has 0 spiro atoms. The van der Waals surface area contributed by atoms with Gasteiger partial charge in [0.25, 0.3) is 5.56 Å². The van der Waals surface area contributed by atoms with E-state index in [1.807, 2.05) is 80.6 Å². The fraction of sp³-hybridized carbons (Fsp3) is 0.364. The largest absolute Gasteiger partial charge is 0.511 e. The van der Waals surface area contributed by atoms with E-state index in [0.29, 0.717) is 37.4 Å². The summed E-state index contributed by atoms with van der Waals surface area (Å²) >= 11 is 12.4. The molecule has 46 heavy (non-hydrogen) atoms. The molecule has 1 saturated heterocycles. The minimum atomic E-state index is -5.42. The zero-order chi connectivity index (χ0) is 33.4. The first-order valence-corrected chi connectivity index (χ1v) is 17.0. The molecule has 13 heteroatoms. The van der Waals surface area contributed by atoms with Crippen LogP contribution in [0.3, 0.4) is 0 Å². The van der Waals surface area contributed by atoms with E-state index in [4.69, 9.17) is 23.2 Å². The van der Waals surface area contributed by atoms with Crippen LogP contribution in [0.25, 0.3) is 10.9 Å². The number of halogens is 5. The Morgan fingerprint density at radius 2 is 1.41 bits per heavy atom. The zero-order valence-electron chi connectivity index (χ0n) is 25.2. The molecule has 1 aliphatic heterocycles. The van der Waals surface area contributed by atoms with E-state index in [0.717, 1.165) is 16.7 Å². The minimum absolute atomic E-state index is 0.119. The van der Waals surface area contributed by atoms with Gasteiger partial charge in [-0.05, 0) is 86.2 Å². The summed E-state index contributed by atoms with van der Waals surface area (Å²) in [6.45, 7) is 2.99. The molecule has 0 aliphatic carbocycles. The molecule has 0 bridgehead atoms. The van der Waals surface area contributed by atoms with Gasteiger partial charge in [0.2, 0.25) is 0 Å². The molecule has 5 rings (SSSR count). The average molecular weight is 697 g/mol. The highest BCUT2D eigenvalue weighted by Gasteiger charge is 2.50. The molecule has 2 N–H and O–H groups in total. The van der Waals surface area contributed by atoms with Crippen LogP contribution in [0.5, 0.6) is 0 Å². The van der Waals surface area contributed by atoms with Gasteiger partial charge in [0.05, 0.1) is 5.52 Å². The molecule has 2 heterocycles. The van der Waals surface area contributed by atoms with Crippen LogP contribution in [0.4, 0.5) is 18.9 Å². The lowest BCUT2D eigenvalue weighted by atomic mass is 9.84. The van der Waals surface area contributed by atoms with E-state index in [1.54, 1.807) is 4.57 Å². The van der Waals surface area contributed by atoms with Gasteiger partial charge in [0, 0.05) is 64.4 Å². The summed E-state index contributed by atoms with van der Waals surface area (Å²) in [5.41, 5.74) is -2.49. The van der Waals surface area contributed by atoms with Crippen molar-refractivity contribution >= 4 is 49.8 Å². The number of hydrogen-bond donors (Lipinski definition) is 2. The maximum absolute atomic E-state index is 13.6. The number of hydrogen-bond acceptors (Lipinski definition) is 5. The van der Waals surface area contributed by atoms with Gasteiger partial charge in [0.15, 0.2) is 0 Å². The van der Waals surface area contributed by atoms with Gasteiger partial charge < -0.3 is 15.0 Å². The van der Waals surface area contributed by atoms with Crippen molar-refractivity contribution in [3.05, 3.63) is 110 Å². The highest BCUT2D eigenvalue weighted by atomic mass is 35.5. The lowest BCUT2D eigenvalue weighted by Gasteiger charge is -2.33. The quantitative estimate of drug-likeness (QED) is 0.179. The number of anilines is 1. The normalized spacial score (nSPS) is 15.5. The molecule has 4 aromatic rings. The standard InChI is InChI=1S/C33H34Cl2F3N3O4S/c1-32(2,15-18-42)41-29-12-7-23(31(21-3-8-24(34)9-4-21)22-5-10-25(35)11-6-22)19-27(29)28(20-30(41)43)39-26-13-16-40(17-14-26)46(44,45)33(36,37)38/h3-12,19-20,26,31,39,42H,13-18H2,1-2H3. The number of benzene rings is 3. The molecule has 1 fully saturated rings. The SMILES string of the molecule is CC(C)(CCO)n1c(=O)cc(NC2CCN(S(=O)(=O)C(F)(F)F)CC2)c2cc(C(c3ccc(Cl)cc3)c3ccc(Cl)cc3)ccc21. The van der Waals surface area contributed by atoms with Crippen LogP contribution in [0.15, 0.2) is 77.6 Å². The Labute approximate surface area is 275 Å². The second kappa shape index (κ2) is 13.2. The van der Waals surface area contributed by atoms with Gasteiger partial charge in [-0.2, -0.15) is 17.5 Å². The molecule has 0 unspecified atom stereocenters. The van der Waals surface area contributed by atoms with Crippen molar-refractivity contribution in [2.24, 2.45) is 0 Å². The molecule has 1 aromatic heterocycles. The van der Waals surface area contributed by atoms with Crippen molar-refractivity contribution in [1.29, 1.82) is 0 Å². The van der Waals surface area contributed by atoms with Gasteiger partial charge in [-0.3, -0.25) is 4.79 Å². The predicted octanol–water partition coefficient (Wildman–Crippen LogP) is 7.33. The number of fused-ring (bicyclic) bond motifs is 1. The van der Waals surface area contributed by atoms with E-state index in [1.165, 1.54) is 6.07 Å². The fourth-order valence-electron chi connectivity index (χ4n) is 6.15. The van der Waals surface area contributed by atoms with Crippen LogP contribution in [0.2, 0.25) is 10.0 Å². The second-order valence-electron chi connectivity index (χ2n) is 12.1. The Morgan fingerprint density at radius 3 is 1.91 bits per heavy atom. The Balaban J connectivity index is 1.61. The number of alkyl halides is 3. The maximum atomic E-state index is 13.6. The first-order valence-electron chi connectivity index (χ1n) is 14.8. The third-order valence-electron chi connectivity index (χ3n) is 8.55. The van der Waals surface area contributed by atoms with E-state index >= 15 is 0 Å². The van der Waals surface area contributed by atoms with E-state index in [9.17, 15) is 31.5 Å². The van der Waals surface area contributed by atoms with Crippen molar-refractivity contribution < 1.29 is 26.7 Å². The van der Waals surface area contributed by atoms with Crippen molar-refractivity contribution in [1.82, 2.24) is 8.87 Å². The molecule has 246 valence electrons. The molecule has 0 radical (unpaired) electrons. The third kappa shape index (κ3) is 6.94. The van der Waals surface area contributed by atoms with Crippen LogP contribution in [0.1, 0.15) is 55.7 Å². The number of aromatic nitrogens is 1. The van der Waals surface area contributed by atoms with Gasteiger partial charge in [-0.25, -0.2) is 8.42 Å². The number of aliphatic hydroxyl groups is 1. The lowest BCUT2D eigenvalue weighted by Crippen LogP contribution is -2.47. The smallest absolute Gasteiger partial charge is 0.396 e. The fourth-order valence-corrected chi connectivity index (χ4v) is 7.39.